The highest BCUT2D eigenvalue weighted by atomic mass is 31.2. The third-order valence-electron chi connectivity index (χ3n) is 8.89. The maximum absolute atomic E-state index is 12.8. The first-order valence-corrected chi connectivity index (χ1v) is 15.5. The quantitative estimate of drug-likeness (QED) is 0.276. The molecular formula is C29H47O6P. The highest BCUT2D eigenvalue weighted by molar-refractivity contribution is 7.50. The Labute approximate surface area is 218 Å². The standard InChI is InChI=1S/C29H47O6P/c1-18(2)12-9-13-19(3)14-10-15-20(4)16-11-17-28(8)29-27(33-36(31,34-29)35-29)24-23(7)25(30)21(5)22(6)26(24)32-28/h18-20,27,30H,9-17H2,1-8H3/t19-,20+,27?,28-,29?,36?/m0/s1. The van der Waals surface area contributed by atoms with Crippen LogP contribution in [-0.4, -0.2) is 16.5 Å². The van der Waals surface area contributed by atoms with Crippen LogP contribution in [0.2, 0.25) is 0 Å². The first-order chi connectivity index (χ1) is 16.8. The Hall–Kier alpha value is -1.07. The second kappa shape index (κ2) is 10.2. The number of ether oxygens (including phenoxy) is 1. The van der Waals surface area contributed by atoms with Crippen LogP contribution >= 0.6 is 7.82 Å². The third kappa shape index (κ3) is 4.88. The predicted molar refractivity (Wildman–Crippen MR) is 142 cm³/mol. The van der Waals surface area contributed by atoms with Crippen molar-refractivity contribution < 1.29 is 28.0 Å². The molecule has 0 aliphatic carbocycles. The molecule has 3 saturated heterocycles. The fraction of sp³-hybridized carbons (Fsp3) is 0.793. The number of phenolic OH excluding ortho intramolecular Hbond substituents is 1. The lowest BCUT2D eigenvalue weighted by atomic mass is 9.77. The molecule has 5 rings (SSSR count). The summed E-state index contributed by atoms with van der Waals surface area (Å²) in [5, 5.41) is 10.7. The van der Waals surface area contributed by atoms with Crippen LogP contribution in [0, 0.1) is 38.5 Å². The Kier molecular flexibility index (Phi) is 7.95. The van der Waals surface area contributed by atoms with Crippen LogP contribution in [0.25, 0.3) is 0 Å². The molecule has 3 fully saturated rings. The van der Waals surface area contributed by atoms with Crippen molar-refractivity contribution in [1.29, 1.82) is 0 Å². The molecule has 1 N–H and O–H groups in total. The van der Waals surface area contributed by atoms with Gasteiger partial charge in [0.1, 0.15) is 11.5 Å². The minimum Gasteiger partial charge on any atom is -0.507 e. The maximum atomic E-state index is 12.8. The third-order valence-corrected chi connectivity index (χ3v) is 10.3. The van der Waals surface area contributed by atoms with E-state index in [0.29, 0.717) is 29.2 Å². The smallest absolute Gasteiger partial charge is 0.481 e. The molecule has 1 aromatic carbocycles. The number of phosphoric acid groups is 1. The Morgan fingerprint density at radius 3 is 2.00 bits per heavy atom. The molecule has 0 radical (unpaired) electrons. The summed E-state index contributed by atoms with van der Waals surface area (Å²) in [5.41, 5.74) is 2.19. The van der Waals surface area contributed by atoms with E-state index in [-0.39, 0.29) is 5.75 Å². The van der Waals surface area contributed by atoms with Gasteiger partial charge in [0.05, 0.1) is 0 Å². The molecule has 7 heteroatoms. The lowest BCUT2D eigenvalue weighted by Crippen LogP contribution is -2.64. The van der Waals surface area contributed by atoms with Gasteiger partial charge in [-0.25, -0.2) is 13.6 Å². The van der Waals surface area contributed by atoms with Gasteiger partial charge in [-0.1, -0.05) is 72.6 Å². The second-order valence-corrected chi connectivity index (χ2v) is 13.9. The Morgan fingerprint density at radius 2 is 1.42 bits per heavy atom. The Bertz CT molecular complexity index is 1010. The van der Waals surface area contributed by atoms with Gasteiger partial charge in [-0.3, -0.25) is 4.52 Å². The normalized spacial score (nSPS) is 32.0. The number of rotatable bonds is 12. The van der Waals surface area contributed by atoms with Gasteiger partial charge in [0.2, 0.25) is 0 Å². The summed E-state index contributed by atoms with van der Waals surface area (Å²) in [6.45, 7) is 17.0. The van der Waals surface area contributed by atoms with E-state index in [0.717, 1.165) is 35.8 Å². The SMILES string of the molecule is Cc1c(C)c2c(c(C)c1O)C1OP3(=O)OC1(O3)[C@](C)(CCC[C@H](C)CCC[C@@H](C)CCCC(C)C)O2. The topological polar surface area (TPSA) is 74.2 Å². The molecule has 6 nitrogen and oxygen atoms in total. The molecule has 1 aromatic rings. The highest BCUT2D eigenvalue weighted by Crippen LogP contribution is 2.83. The van der Waals surface area contributed by atoms with Crippen molar-refractivity contribution in [3.05, 3.63) is 22.3 Å². The number of phenols is 1. The number of phosphoric ester groups is 1. The molecule has 4 atom stereocenters. The van der Waals surface area contributed by atoms with Crippen molar-refractivity contribution in [3.8, 4) is 11.5 Å². The van der Waals surface area contributed by atoms with E-state index in [4.69, 9.17) is 18.3 Å². The molecule has 0 saturated carbocycles. The molecule has 2 bridgehead atoms. The van der Waals surface area contributed by atoms with Gasteiger partial charge in [0.25, 0.3) is 5.79 Å². The summed E-state index contributed by atoms with van der Waals surface area (Å²) < 4.78 is 37.0. The number of aromatic hydroxyl groups is 1. The largest absolute Gasteiger partial charge is 0.507 e. The van der Waals surface area contributed by atoms with Crippen LogP contribution in [0.5, 0.6) is 11.5 Å². The summed E-state index contributed by atoms with van der Waals surface area (Å²) in [5.74, 6) is 1.93. The number of hydrogen-bond acceptors (Lipinski definition) is 6. The molecule has 4 aliphatic rings. The van der Waals surface area contributed by atoms with E-state index in [9.17, 15) is 9.67 Å². The van der Waals surface area contributed by atoms with Crippen LogP contribution in [0.1, 0.15) is 121 Å². The molecular weight excluding hydrogens is 475 g/mol. The fourth-order valence-corrected chi connectivity index (χ4v) is 8.10. The van der Waals surface area contributed by atoms with Gasteiger partial charge in [-0.2, -0.15) is 0 Å². The van der Waals surface area contributed by atoms with Crippen molar-refractivity contribution in [2.45, 2.75) is 131 Å². The summed E-state index contributed by atoms with van der Waals surface area (Å²) in [6.07, 6.45) is 9.94. The Morgan fingerprint density at radius 1 is 0.861 bits per heavy atom. The van der Waals surface area contributed by atoms with Crippen LogP contribution in [-0.2, 0) is 18.1 Å². The average Bonchev–Trinajstić information content (AvgIpc) is 3.26. The van der Waals surface area contributed by atoms with E-state index >= 15 is 0 Å². The minimum atomic E-state index is -3.56. The van der Waals surface area contributed by atoms with Gasteiger partial charge in [0, 0.05) is 11.1 Å². The fourth-order valence-electron chi connectivity index (χ4n) is 6.25. The molecule has 36 heavy (non-hydrogen) atoms. The molecule has 4 aliphatic heterocycles. The van der Waals surface area contributed by atoms with Gasteiger partial charge < -0.3 is 9.84 Å². The van der Waals surface area contributed by atoms with Gasteiger partial charge in [0.15, 0.2) is 11.7 Å². The van der Waals surface area contributed by atoms with Gasteiger partial charge in [-0.05, 0) is 69.4 Å². The zero-order valence-corrected chi connectivity index (χ0v) is 24.5. The molecule has 0 amide bonds. The zero-order valence-electron chi connectivity index (χ0n) is 23.6. The highest BCUT2D eigenvalue weighted by Gasteiger charge is 2.81. The van der Waals surface area contributed by atoms with E-state index < -0.39 is 25.3 Å². The molecule has 1 spiro atoms. The summed E-state index contributed by atoms with van der Waals surface area (Å²) in [6, 6.07) is 0. The lowest BCUT2D eigenvalue weighted by molar-refractivity contribution is -0.284. The summed E-state index contributed by atoms with van der Waals surface area (Å²) >= 11 is 0. The van der Waals surface area contributed by atoms with Crippen molar-refractivity contribution in [2.75, 3.05) is 0 Å². The van der Waals surface area contributed by atoms with E-state index in [1.807, 2.05) is 27.7 Å². The monoisotopic (exact) mass is 522 g/mol. The second-order valence-electron chi connectivity index (χ2n) is 12.4. The van der Waals surface area contributed by atoms with Crippen LogP contribution < -0.4 is 4.74 Å². The van der Waals surface area contributed by atoms with Crippen LogP contribution in [0.3, 0.4) is 0 Å². The van der Waals surface area contributed by atoms with Crippen molar-refractivity contribution >= 4 is 7.82 Å². The van der Waals surface area contributed by atoms with E-state index in [1.54, 1.807) is 0 Å². The van der Waals surface area contributed by atoms with Crippen LogP contribution in [0.4, 0.5) is 0 Å². The maximum Gasteiger partial charge on any atom is 0.481 e. The van der Waals surface area contributed by atoms with Gasteiger partial charge >= 0.3 is 7.82 Å². The summed E-state index contributed by atoms with van der Waals surface area (Å²) in [7, 11) is -3.56. The van der Waals surface area contributed by atoms with Crippen molar-refractivity contribution in [1.82, 2.24) is 0 Å². The zero-order chi connectivity index (χ0) is 26.5. The van der Waals surface area contributed by atoms with Gasteiger partial charge in [-0.15, -0.1) is 0 Å². The predicted octanol–water partition coefficient (Wildman–Crippen LogP) is 8.83. The van der Waals surface area contributed by atoms with Crippen molar-refractivity contribution in [3.63, 3.8) is 0 Å². The minimum absolute atomic E-state index is 0.211. The summed E-state index contributed by atoms with van der Waals surface area (Å²) in [4.78, 5) is 0. The number of fused-ring (bicyclic) bond motifs is 1. The first-order valence-electron chi connectivity index (χ1n) is 14.0. The van der Waals surface area contributed by atoms with Crippen LogP contribution in [0.15, 0.2) is 0 Å². The van der Waals surface area contributed by atoms with Crippen molar-refractivity contribution in [2.24, 2.45) is 17.8 Å². The number of hydrogen-bond donors (Lipinski definition) is 1. The van der Waals surface area contributed by atoms with E-state index in [2.05, 4.69) is 27.7 Å². The average molecular weight is 523 g/mol. The molecule has 0 aromatic heterocycles. The number of benzene rings is 1. The lowest BCUT2D eigenvalue weighted by Gasteiger charge is -2.52. The molecule has 1 unspecified atom stereocenters. The Balaban J connectivity index is 1.37. The molecule has 4 heterocycles. The van der Waals surface area contributed by atoms with E-state index in [1.165, 1.54) is 38.5 Å². The first kappa shape index (κ1) is 28.0. The molecule has 204 valence electrons.